The lowest BCUT2D eigenvalue weighted by molar-refractivity contribution is -0.112. The number of Topliss-reactive ketones (excluding diaryl/α,β-unsaturated/α-hetero) is 1. The Kier molecular flexibility index (Phi) is 5.57. The van der Waals surface area contributed by atoms with Crippen LogP contribution in [0.15, 0.2) is 58.9 Å². The maximum Gasteiger partial charge on any atom is 0.298 e. The number of benzene rings is 2. The number of nitrogens with one attached hydrogen (secondary N) is 1. The van der Waals surface area contributed by atoms with E-state index in [1.54, 1.807) is 24.3 Å². The van der Waals surface area contributed by atoms with Crippen molar-refractivity contribution in [3.8, 4) is 0 Å². The lowest BCUT2D eigenvalue weighted by Crippen LogP contribution is -2.22. The number of rotatable bonds is 6. The van der Waals surface area contributed by atoms with Gasteiger partial charge in [0.2, 0.25) is 5.13 Å². The summed E-state index contributed by atoms with van der Waals surface area (Å²) in [7, 11) is 0. The van der Waals surface area contributed by atoms with Crippen LogP contribution in [0.3, 0.4) is 0 Å². The minimum absolute atomic E-state index is 0.320. The molecule has 0 unspecified atom stereocenters. The molecule has 126 valence electrons. The zero-order valence-electron chi connectivity index (χ0n) is 13.4. The van der Waals surface area contributed by atoms with Crippen LogP contribution in [0.4, 0.5) is 5.13 Å². The topological polar surface area (TPSA) is 72.0 Å². The zero-order valence-corrected chi connectivity index (χ0v) is 15.1. The zero-order chi connectivity index (χ0) is 17.6. The second-order valence-electron chi connectivity index (χ2n) is 5.30. The predicted molar refractivity (Wildman–Crippen MR) is 100 cm³/mol. The number of aryl methyl sites for hydroxylation is 1. The van der Waals surface area contributed by atoms with Crippen molar-refractivity contribution in [2.45, 2.75) is 17.0 Å². The van der Waals surface area contributed by atoms with Gasteiger partial charge in [0.25, 0.3) is 11.7 Å². The lowest BCUT2D eigenvalue weighted by atomic mass is 10.1. The van der Waals surface area contributed by atoms with Crippen molar-refractivity contribution in [3.05, 3.63) is 71.3 Å². The summed E-state index contributed by atoms with van der Waals surface area (Å²) >= 11 is 2.79. The molecule has 0 aliphatic heterocycles. The van der Waals surface area contributed by atoms with E-state index >= 15 is 0 Å². The van der Waals surface area contributed by atoms with E-state index < -0.39 is 11.7 Å². The Morgan fingerprint density at radius 2 is 1.76 bits per heavy atom. The summed E-state index contributed by atoms with van der Waals surface area (Å²) in [6, 6.07) is 16.9. The van der Waals surface area contributed by atoms with Crippen LogP contribution in [0.5, 0.6) is 0 Å². The number of hydrogen-bond acceptors (Lipinski definition) is 6. The molecule has 0 spiro atoms. The van der Waals surface area contributed by atoms with E-state index in [0.717, 1.165) is 15.7 Å². The van der Waals surface area contributed by atoms with Crippen LogP contribution in [0.1, 0.15) is 21.5 Å². The standard InChI is InChI=1S/C18H15N3O2S2/c1-12-7-9-14(10-8-12)15(22)16(23)19-17-20-21-18(25-17)24-11-13-5-3-2-4-6-13/h2-10H,11H2,1H3,(H,19,20,23). The number of carbonyl (C=O) groups is 2. The third-order valence-electron chi connectivity index (χ3n) is 3.35. The molecule has 0 bridgehead atoms. The quantitative estimate of drug-likeness (QED) is 0.308. The summed E-state index contributed by atoms with van der Waals surface area (Å²) in [5.41, 5.74) is 2.57. The number of anilines is 1. The van der Waals surface area contributed by atoms with Gasteiger partial charge < -0.3 is 0 Å². The molecular formula is C18H15N3O2S2. The van der Waals surface area contributed by atoms with Gasteiger partial charge >= 0.3 is 0 Å². The smallest absolute Gasteiger partial charge is 0.293 e. The Labute approximate surface area is 153 Å². The Morgan fingerprint density at radius 1 is 1.04 bits per heavy atom. The Morgan fingerprint density at radius 3 is 2.48 bits per heavy atom. The number of aromatic nitrogens is 2. The van der Waals surface area contributed by atoms with Gasteiger partial charge in [-0.05, 0) is 12.5 Å². The molecule has 0 aliphatic rings. The molecule has 0 radical (unpaired) electrons. The van der Waals surface area contributed by atoms with Crippen molar-refractivity contribution in [2.24, 2.45) is 0 Å². The van der Waals surface area contributed by atoms with Crippen LogP contribution in [0.2, 0.25) is 0 Å². The first-order valence-corrected chi connectivity index (χ1v) is 9.34. The van der Waals surface area contributed by atoms with E-state index in [0.29, 0.717) is 10.7 Å². The molecule has 1 aromatic heterocycles. The van der Waals surface area contributed by atoms with E-state index in [1.165, 1.54) is 28.7 Å². The minimum atomic E-state index is -0.709. The number of nitrogens with zero attached hydrogens (tertiary/aromatic N) is 2. The predicted octanol–water partition coefficient (Wildman–Crippen LogP) is 3.96. The molecule has 0 aliphatic carbocycles. The Bertz CT molecular complexity index is 877. The molecule has 7 heteroatoms. The van der Waals surface area contributed by atoms with Crippen LogP contribution in [0, 0.1) is 6.92 Å². The highest BCUT2D eigenvalue weighted by Crippen LogP contribution is 2.28. The third-order valence-corrected chi connectivity index (χ3v) is 5.40. The molecule has 2 aromatic carbocycles. The van der Waals surface area contributed by atoms with Crippen LogP contribution in [-0.2, 0) is 10.5 Å². The molecule has 0 atom stereocenters. The third kappa shape index (κ3) is 4.74. The average molecular weight is 369 g/mol. The van der Waals surface area contributed by atoms with Gasteiger partial charge in [-0.1, -0.05) is 83.3 Å². The fraction of sp³-hybridized carbons (Fsp3) is 0.111. The van der Waals surface area contributed by atoms with E-state index in [1.807, 2.05) is 37.3 Å². The van der Waals surface area contributed by atoms with Crippen molar-refractivity contribution in [1.29, 1.82) is 0 Å². The SMILES string of the molecule is Cc1ccc(C(=O)C(=O)Nc2nnc(SCc3ccccc3)s2)cc1. The molecule has 3 aromatic rings. The van der Waals surface area contributed by atoms with Crippen molar-refractivity contribution in [3.63, 3.8) is 0 Å². The maximum absolute atomic E-state index is 12.1. The summed E-state index contributed by atoms with van der Waals surface area (Å²) in [5.74, 6) is -0.528. The monoisotopic (exact) mass is 369 g/mol. The fourth-order valence-corrected chi connectivity index (χ4v) is 3.73. The lowest BCUT2D eigenvalue weighted by Gasteiger charge is -2.01. The minimum Gasteiger partial charge on any atom is -0.293 e. The molecule has 5 nitrogen and oxygen atoms in total. The highest BCUT2D eigenvalue weighted by atomic mass is 32.2. The largest absolute Gasteiger partial charge is 0.298 e. The summed E-state index contributed by atoms with van der Waals surface area (Å²) in [5, 5.41) is 10.8. The van der Waals surface area contributed by atoms with Gasteiger partial charge in [0.05, 0.1) is 0 Å². The molecule has 0 saturated carbocycles. The Balaban J connectivity index is 1.58. The molecule has 0 fully saturated rings. The second kappa shape index (κ2) is 8.04. The summed E-state index contributed by atoms with van der Waals surface area (Å²) < 4.78 is 0.738. The van der Waals surface area contributed by atoms with Crippen molar-refractivity contribution >= 4 is 39.9 Å². The number of carbonyl (C=O) groups excluding carboxylic acids is 2. The van der Waals surface area contributed by atoms with Gasteiger partial charge in [-0.2, -0.15) is 0 Å². The van der Waals surface area contributed by atoms with E-state index in [4.69, 9.17) is 0 Å². The van der Waals surface area contributed by atoms with Gasteiger partial charge in [-0.15, -0.1) is 10.2 Å². The Hall–Kier alpha value is -2.51. The summed E-state index contributed by atoms with van der Waals surface area (Å²) in [6.45, 7) is 1.92. The summed E-state index contributed by atoms with van der Waals surface area (Å²) in [4.78, 5) is 24.2. The average Bonchev–Trinajstić information content (AvgIpc) is 3.08. The fourth-order valence-electron chi connectivity index (χ4n) is 2.03. The van der Waals surface area contributed by atoms with Gasteiger partial charge in [0.15, 0.2) is 4.34 Å². The van der Waals surface area contributed by atoms with Crippen LogP contribution in [-0.4, -0.2) is 21.9 Å². The maximum atomic E-state index is 12.1. The van der Waals surface area contributed by atoms with E-state index in [-0.39, 0.29) is 0 Å². The molecule has 25 heavy (non-hydrogen) atoms. The highest BCUT2D eigenvalue weighted by Gasteiger charge is 2.18. The van der Waals surface area contributed by atoms with Crippen LogP contribution < -0.4 is 5.32 Å². The van der Waals surface area contributed by atoms with E-state index in [2.05, 4.69) is 15.5 Å². The number of thioether (sulfide) groups is 1. The van der Waals surface area contributed by atoms with Crippen molar-refractivity contribution < 1.29 is 9.59 Å². The van der Waals surface area contributed by atoms with Crippen LogP contribution >= 0.6 is 23.1 Å². The molecular weight excluding hydrogens is 354 g/mol. The van der Waals surface area contributed by atoms with Gasteiger partial charge in [-0.25, -0.2) is 0 Å². The molecule has 0 saturated heterocycles. The highest BCUT2D eigenvalue weighted by molar-refractivity contribution is 8.00. The summed E-state index contributed by atoms with van der Waals surface area (Å²) in [6.07, 6.45) is 0. The van der Waals surface area contributed by atoms with Crippen molar-refractivity contribution in [1.82, 2.24) is 10.2 Å². The van der Waals surface area contributed by atoms with Crippen LogP contribution in [0.25, 0.3) is 0 Å². The number of ketones is 1. The molecule has 1 N–H and O–H groups in total. The molecule has 1 amide bonds. The first-order chi connectivity index (χ1) is 12.1. The first-order valence-electron chi connectivity index (χ1n) is 7.54. The normalized spacial score (nSPS) is 10.4. The molecule has 1 heterocycles. The second-order valence-corrected chi connectivity index (χ2v) is 7.50. The number of amides is 1. The number of hydrogen-bond donors (Lipinski definition) is 1. The van der Waals surface area contributed by atoms with Gasteiger partial charge in [0.1, 0.15) is 0 Å². The first kappa shape index (κ1) is 17.3. The van der Waals surface area contributed by atoms with E-state index in [9.17, 15) is 9.59 Å². The van der Waals surface area contributed by atoms with Crippen molar-refractivity contribution in [2.75, 3.05) is 5.32 Å². The molecule has 3 rings (SSSR count). The van der Waals surface area contributed by atoms with Gasteiger partial charge in [-0.3, -0.25) is 14.9 Å². The van der Waals surface area contributed by atoms with Gasteiger partial charge in [0, 0.05) is 11.3 Å².